The maximum Gasteiger partial charge on any atom is 0.264 e. The fraction of sp³-hybridized carbons (Fsp3) is 0.188. The van der Waals surface area contributed by atoms with Crippen LogP contribution in [0.4, 0.5) is 0 Å². The lowest BCUT2D eigenvalue weighted by atomic mass is 10.1. The molecule has 1 amide bonds. The molecule has 6 heteroatoms. The van der Waals surface area contributed by atoms with Crippen molar-refractivity contribution in [1.82, 2.24) is 4.72 Å². The van der Waals surface area contributed by atoms with Gasteiger partial charge in [0.2, 0.25) is 5.91 Å². The van der Waals surface area contributed by atoms with Crippen molar-refractivity contribution < 1.29 is 13.2 Å². The predicted octanol–water partition coefficient (Wildman–Crippen LogP) is 3.11. The van der Waals surface area contributed by atoms with Gasteiger partial charge in [-0.1, -0.05) is 51.8 Å². The monoisotopic (exact) mass is 381 g/mol. The smallest absolute Gasteiger partial charge is 0.264 e. The molecular weight excluding hydrogens is 366 g/mol. The van der Waals surface area contributed by atoms with Crippen LogP contribution in [0.15, 0.2) is 51.8 Å². The van der Waals surface area contributed by atoms with Gasteiger partial charge in [-0.15, -0.1) is 0 Å². The molecule has 0 radical (unpaired) electrons. The van der Waals surface area contributed by atoms with E-state index in [1.807, 2.05) is 31.2 Å². The van der Waals surface area contributed by atoms with Crippen LogP contribution < -0.4 is 4.72 Å². The molecule has 0 heterocycles. The van der Waals surface area contributed by atoms with Crippen LogP contribution in [0.2, 0.25) is 0 Å². The molecule has 0 aliphatic carbocycles. The van der Waals surface area contributed by atoms with Gasteiger partial charge >= 0.3 is 0 Å². The fourth-order valence-corrected chi connectivity index (χ4v) is 3.76. The van der Waals surface area contributed by atoms with Gasteiger partial charge in [0.1, 0.15) is 0 Å². The number of carbonyl (C=O) groups is 1. The predicted molar refractivity (Wildman–Crippen MR) is 89.1 cm³/mol. The zero-order valence-electron chi connectivity index (χ0n) is 12.3. The summed E-state index contributed by atoms with van der Waals surface area (Å²) in [4.78, 5) is 12.1. The van der Waals surface area contributed by atoms with E-state index in [1.165, 1.54) is 6.07 Å². The fourth-order valence-electron chi connectivity index (χ4n) is 2.00. The zero-order chi connectivity index (χ0) is 16.3. The quantitative estimate of drug-likeness (QED) is 0.884. The average molecular weight is 382 g/mol. The van der Waals surface area contributed by atoms with E-state index in [0.29, 0.717) is 10.0 Å². The molecule has 0 atom stereocenters. The summed E-state index contributed by atoms with van der Waals surface area (Å²) in [5.74, 6) is -0.553. The van der Waals surface area contributed by atoms with Crippen LogP contribution in [-0.2, 0) is 21.2 Å². The van der Waals surface area contributed by atoms with Gasteiger partial charge in [0.25, 0.3) is 10.0 Å². The summed E-state index contributed by atoms with van der Waals surface area (Å²) in [5.41, 5.74) is 2.43. The second-order valence-electron chi connectivity index (χ2n) is 5.10. The van der Waals surface area contributed by atoms with Crippen molar-refractivity contribution in [1.29, 1.82) is 0 Å². The van der Waals surface area contributed by atoms with E-state index in [0.717, 1.165) is 11.1 Å². The summed E-state index contributed by atoms with van der Waals surface area (Å²) in [6.45, 7) is 3.63. The van der Waals surface area contributed by atoms with Crippen molar-refractivity contribution in [3.8, 4) is 0 Å². The van der Waals surface area contributed by atoms with Crippen LogP contribution >= 0.6 is 15.9 Å². The second kappa shape index (κ2) is 6.62. The van der Waals surface area contributed by atoms with E-state index in [9.17, 15) is 13.2 Å². The SMILES string of the molecule is Cc1ccc(CC(=O)NS(=O)(=O)c2cc(Br)ccc2C)cc1. The van der Waals surface area contributed by atoms with Gasteiger partial charge in [0.15, 0.2) is 0 Å². The molecule has 0 aliphatic rings. The number of carbonyl (C=O) groups excluding carboxylic acids is 1. The molecule has 0 aliphatic heterocycles. The van der Waals surface area contributed by atoms with E-state index < -0.39 is 15.9 Å². The van der Waals surface area contributed by atoms with E-state index in [1.54, 1.807) is 19.1 Å². The van der Waals surface area contributed by atoms with Crippen molar-refractivity contribution in [2.24, 2.45) is 0 Å². The number of rotatable bonds is 4. The molecule has 0 fully saturated rings. The second-order valence-corrected chi connectivity index (χ2v) is 7.67. The number of hydrogen-bond donors (Lipinski definition) is 1. The Hall–Kier alpha value is -1.66. The lowest BCUT2D eigenvalue weighted by Crippen LogP contribution is -2.32. The largest absolute Gasteiger partial charge is 0.274 e. The van der Waals surface area contributed by atoms with Crippen LogP contribution in [0.3, 0.4) is 0 Å². The highest BCUT2D eigenvalue weighted by Crippen LogP contribution is 2.20. The molecule has 1 N–H and O–H groups in total. The van der Waals surface area contributed by atoms with Gasteiger partial charge in [0.05, 0.1) is 11.3 Å². The Labute approximate surface area is 138 Å². The Kier molecular flexibility index (Phi) is 5.03. The minimum atomic E-state index is -3.87. The minimum absolute atomic E-state index is 0.0204. The average Bonchev–Trinajstić information content (AvgIpc) is 2.43. The van der Waals surface area contributed by atoms with Gasteiger partial charge in [0, 0.05) is 4.47 Å². The molecule has 0 saturated heterocycles. The van der Waals surface area contributed by atoms with Crippen molar-refractivity contribution in [2.45, 2.75) is 25.2 Å². The molecule has 0 spiro atoms. The molecule has 2 aromatic carbocycles. The van der Waals surface area contributed by atoms with Crippen molar-refractivity contribution >= 4 is 31.9 Å². The summed E-state index contributed by atoms with van der Waals surface area (Å²) >= 11 is 3.24. The minimum Gasteiger partial charge on any atom is -0.274 e. The van der Waals surface area contributed by atoms with Crippen molar-refractivity contribution in [2.75, 3.05) is 0 Å². The summed E-state index contributed by atoms with van der Waals surface area (Å²) in [6, 6.07) is 12.3. The first-order chi connectivity index (χ1) is 10.3. The lowest BCUT2D eigenvalue weighted by molar-refractivity contribution is -0.118. The summed E-state index contributed by atoms with van der Waals surface area (Å²) in [7, 11) is -3.87. The van der Waals surface area contributed by atoms with Crippen molar-refractivity contribution in [3.05, 3.63) is 63.6 Å². The highest BCUT2D eigenvalue weighted by atomic mass is 79.9. The number of hydrogen-bond acceptors (Lipinski definition) is 3. The third-order valence-electron chi connectivity index (χ3n) is 3.17. The molecule has 2 rings (SSSR count). The standard InChI is InChI=1S/C16H16BrNO3S/c1-11-3-6-13(7-4-11)9-16(19)18-22(20,21)15-10-14(17)8-5-12(15)2/h3-8,10H,9H2,1-2H3,(H,18,19). The normalized spacial score (nSPS) is 11.2. The van der Waals surface area contributed by atoms with Crippen LogP contribution in [0.1, 0.15) is 16.7 Å². The van der Waals surface area contributed by atoms with Gasteiger partial charge < -0.3 is 0 Å². The van der Waals surface area contributed by atoms with E-state index in [2.05, 4.69) is 20.7 Å². The van der Waals surface area contributed by atoms with Crippen LogP contribution in [0, 0.1) is 13.8 Å². The molecule has 116 valence electrons. The molecule has 4 nitrogen and oxygen atoms in total. The first kappa shape index (κ1) is 16.7. The summed E-state index contributed by atoms with van der Waals surface area (Å²) in [6.07, 6.45) is 0.0204. The molecule has 0 bridgehead atoms. The number of benzene rings is 2. The topological polar surface area (TPSA) is 63.2 Å². The van der Waals surface area contributed by atoms with Gasteiger partial charge in [-0.3, -0.25) is 4.79 Å². The van der Waals surface area contributed by atoms with E-state index in [4.69, 9.17) is 0 Å². The zero-order valence-corrected chi connectivity index (χ0v) is 14.7. The molecule has 2 aromatic rings. The molecular formula is C16H16BrNO3S. The van der Waals surface area contributed by atoms with E-state index in [-0.39, 0.29) is 11.3 Å². The Morgan fingerprint density at radius 3 is 2.36 bits per heavy atom. The number of amides is 1. The summed E-state index contributed by atoms with van der Waals surface area (Å²) < 4.78 is 27.4. The molecule has 22 heavy (non-hydrogen) atoms. The van der Waals surface area contributed by atoms with Gasteiger partial charge in [-0.2, -0.15) is 0 Å². The van der Waals surface area contributed by atoms with E-state index >= 15 is 0 Å². The van der Waals surface area contributed by atoms with Crippen LogP contribution in [0.25, 0.3) is 0 Å². The molecule has 0 saturated carbocycles. The summed E-state index contributed by atoms with van der Waals surface area (Å²) in [5, 5.41) is 0. The van der Waals surface area contributed by atoms with Crippen molar-refractivity contribution in [3.63, 3.8) is 0 Å². The highest BCUT2D eigenvalue weighted by molar-refractivity contribution is 9.10. The molecule has 0 unspecified atom stereocenters. The van der Waals surface area contributed by atoms with Gasteiger partial charge in [-0.05, 0) is 37.1 Å². The Morgan fingerprint density at radius 2 is 1.73 bits per heavy atom. The van der Waals surface area contributed by atoms with Gasteiger partial charge in [-0.25, -0.2) is 13.1 Å². The number of nitrogens with one attached hydrogen (secondary N) is 1. The first-order valence-electron chi connectivity index (χ1n) is 6.65. The maximum atomic E-state index is 12.3. The Morgan fingerprint density at radius 1 is 1.09 bits per heavy atom. The Balaban J connectivity index is 2.16. The molecule has 0 aromatic heterocycles. The maximum absolute atomic E-state index is 12.3. The Bertz CT molecular complexity index is 799. The third-order valence-corrected chi connectivity index (χ3v) is 5.18. The van der Waals surface area contributed by atoms with Crippen LogP contribution in [0.5, 0.6) is 0 Å². The highest BCUT2D eigenvalue weighted by Gasteiger charge is 2.20. The number of sulfonamides is 1. The first-order valence-corrected chi connectivity index (χ1v) is 8.93. The third kappa shape index (κ3) is 4.18. The lowest BCUT2D eigenvalue weighted by Gasteiger charge is -2.10. The number of aryl methyl sites for hydroxylation is 2. The number of halogens is 1. The van der Waals surface area contributed by atoms with Crippen LogP contribution in [-0.4, -0.2) is 14.3 Å².